The summed E-state index contributed by atoms with van der Waals surface area (Å²) in [5.74, 6) is -0.0958. The molecule has 8 nitrogen and oxygen atoms in total. The van der Waals surface area contributed by atoms with Gasteiger partial charge in [-0.3, -0.25) is 0 Å². The van der Waals surface area contributed by atoms with E-state index in [2.05, 4.69) is 0 Å². The van der Waals surface area contributed by atoms with Crippen molar-refractivity contribution in [2.45, 2.75) is 16.4 Å². The molecule has 0 bridgehead atoms. The van der Waals surface area contributed by atoms with Crippen molar-refractivity contribution in [3.05, 3.63) is 17.5 Å². The van der Waals surface area contributed by atoms with Crippen LogP contribution in [0.2, 0.25) is 0 Å². The molecule has 0 N–H and O–H groups in total. The summed E-state index contributed by atoms with van der Waals surface area (Å²) in [6.07, 6.45) is -0.464. The third-order valence-corrected chi connectivity index (χ3v) is 9.26. The Bertz CT molecular complexity index is 762. The minimum atomic E-state index is -3.63. The van der Waals surface area contributed by atoms with Gasteiger partial charge in [-0.2, -0.15) is 8.61 Å². The Balaban J connectivity index is 1.87. The minimum Gasteiger partial charge on any atom is -0.383 e. The summed E-state index contributed by atoms with van der Waals surface area (Å²) in [6, 6.07) is 2.70. The fourth-order valence-electron chi connectivity index (χ4n) is 3.01. The maximum absolute atomic E-state index is 12.7. The lowest BCUT2D eigenvalue weighted by molar-refractivity contribution is 0.0450. The van der Waals surface area contributed by atoms with Gasteiger partial charge in [0.15, 0.2) is 0 Å². The van der Waals surface area contributed by atoms with E-state index in [1.54, 1.807) is 17.5 Å². The highest BCUT2D eigenvalue weighted by Gasteiger charge is 2.47. The average Bonchev–Trinajstić information content (AvgIpc) is 3.16. The Morgan fingerprint density at radius 2 is 2.21 bits per heavy atom. The first-order chi connectivity index (χ1) is 11.4. The molecular weight excluding hydrogens is 376 g/mol. The van der Waals surface area contributed by atoms with Gasteiger partial charge in [-0.25, -0.2) is 16.8 Å². The molecular formula is C13H20N2O6S3. The minimum absolute atomic E-state index is 0.0693. The van der Waals surface area contributed by atoms with E-state index in [1.807, 2.05) is 0 Å². The molecule has 0 radical (unpaired) electrons. The molecule has 0 spiro atoms. The molecule has 3 heterocycles. The van der Waals surface area contributed by atoms with Crippen LogP contribution in [-0.2, 0) is 29.5 Å². The first kappa shape index (κ1) is 18.2. The second-order valence-electron chi connectivity index (χ2n) is 5.65. The number of ether oxygens (including phenoxy) is 2. The van der Waals surface area contributed by atoms with Crippen LogP contribution >= 0.6 is 11.3 Å². The van der Waals surface area contributed by atoms with Crippen LogP contribution in [0.1, 0.15) is 0 Å². The number of hydrogen-bond donors (Lipinski definition) is 0. The van der Waals surface area contributed by atoms with Crippen molar-refractivity contribution in [1.82, 2.24) is 8.61 Å². The van der Waals surface area contributed by atoms with Gasteiger partial charge in [-0.15, -0.1) is 11.3 Å². The molecule has 2 fully saturated rings. The first-order valence-corrected chi connectivity index (χ1v) is 11.4. The highest BCUT2D eigenvalue weighted by molar-refractivity contribution is 7.91. The summed E-state index contributed by atoms with van der Waals surface area (Å²) in [6.45, 7) is 0.758. The van der Waals surface area contributed by atoms with Crippen molar-refractivity contribution in [3.63, 3.8) is 0 Å². The lowest BCUT2D eigenvalue weighted by atomic mass is 10.2. The quantitative estimate of drug-likeness (QED) is 0.684. The highest BCUT2D eigenvalue weighted by atomic mass is 32.2. The normalized spacial score (nSPS) is 28.5. The van der Waals surface area contributed by atoms with Crippen LogP contribution < -0.4 is 0 Å². The lowest BCUT2D eigenvalue weighted by Crippen LogP contribution is -2.47. The van der Waals surface area contributed by atoms with Gasteiger partial charge in [0.05, 0.1) is 31.1 Å². The van der Waals surface area contributed by atoms with Crippen LogP contribution in [0.5, 0.6) is 0 Å². The average molecular weight is 397 g/mol. The fraction of sp³-hybridized carbons (Fsp3) is 0.692. The molecule has 0 amide bonds. The topological polar surface area (TPSA) is 93.2 Å². The third-order valence-electron chi connectivity index (χ3n) is 4.21. The highest BCUT2D eigenvalue weighted by Crippen LogP contribution is 2.30. The van der Waals surface area contributed by atoms with Gasteiger partial charge in [-0.05, 0) is 11.4 Å². The predicted molar refractivity (Wildman–Crippen MR) is 89.0 cm³/mol. The van der Waals surface area contributed by atoms with Gasteiger partial charge in [0.1, 0.15) is 4.21 Å². The molecule has 2 aliphatic rings. The van der Waals surface area contributed by atoms with Gasteiger partial charge in [0, 0.05) is 26.7 Å². The van der Waals surface area contributed by atoms with E-state index in [0.717, 1.165) is 11.3 Å². The maximum atomic E-state index is 12.7. The summed E-state index contributed by atoms with van der Waals surface area (Å²) in [5, 5.41) is 1.70. The van der Waals surface area contributed by atoms with Gasteiger partial charge >= 0.3 is 0 Å². The van der Waals surface area contributed by atoms with E-state index < -0.39 is 32.2 Å². The molecule has 11 heteroatoms. The molecule has 2 aliphatic heterocycles. The molecule has 0 aliphatic carbocycles. The van der Waals surface area contributed by atoms with Crippen molar-refractivity contribution in [2.75, 3.05) is 45.7 Å². The van der Waals surface area contributed by atoms with Crippen molar-refractivity contribution in [1.29, 1.82) is 0 Å². The number of rotatable bonds is 5. The van der Waals surface area contributed by atoms with E-state index >= 15 is 0 Å². The number of sulfonamides is 2. The molecule has 0 aromatic carbocycles. The number of fused-ring (bicyclic) bond motifs is 1. The second kappa shape index (κ2) is 6.98. The molecule has 1 aromatic rings. The SMILES string of the molecule is COCCN1[C@@H]2CN(S(=O)(=O)c3cccs3)C[C@@H]2OCCS1(=O)=O. The Kier molecular flexibility index (Phi) is 5.30. The Morgan fingerprint density at radius 3 is 2.88 bits per heavy atom. The van der Waals surface area contributed by atoms with Gasteiger partial charge in [0.2, 0.25) is 10.0 Å². The van der Waals surface area contributed by atoms with Crippen LogP contribution in [0.15, 0.2) is 21.7 Å². The Morgan fingerprint density at radius 1 is 1.42 bits per heavy atom. The van der Waals surface area contributed by atoms with Gasteiger partial charge in [0.25, 0.3) is 10.0 Å². The van der Waals surface area contributed by atoms with Crippen molar-refractivity contribution < 1.29 is 26.3 Å². The van der Waals surface area contributed by atoms with E-state index in [0.29, 0.717) is 0 Å². The Labute approximate surface area is 146 Å². The maximum Gasteiger partial charge on any atom is 0.252 e. The molecule has 2 saturated heterocycles. The standard InChI is InChI=1S/C13H20N2O6S3/c1-20-5-4-15-11-9-14(24(18,19)13-3-2-7-22-13)10-12(11)21-6-8-23(15,16)17/h2-3,7,11-12H,4-6,8-10H2,1H3/t11-,12+/m1/s1. The zero-order valence-electron chi connectivity index (χ0n) is 13.2. The summed E-state index contributed by atoms with van der Waals surface area (Å²) in [4.78, 5) is 0. The number of methoxy groups -OCH3 is 1. The van der Waals surface area contributed by atoms with E-state index in [-0.39, 0.29) is 42.8 Å². The Hall–Kier alpha value is -0.560. The van der Waals surface area contributed by atoms with Crippen LogP contribution in [-0.4, -0.2) is 83.3 Å². The zero-order valence-corrected chi connectivity index (χ0v) is 15.6. The van der Waals surface area contributed by atoms with Crippen LogP contribution in [0.3, 0.4) is 0 Å². The van der Waals surface area contributed by atoms with Crippen LogP contribution in [0, 0.1) is 0 Å². The molecule has 0 unspecified atom stereocenters. The van der Waals surface area contributed by atoms with Crippen molar-refractivity contribution in [2.24, 2.45) is 0 Å². The number of nitrogens with zero attached hydrogens (tertiary/aromatic N) is 2. The van der Waals surface area contributed by atoms with Gasteiger partial charge in [-0.1, -0.05) is 6.07 Å². The fourth-order valence-corrected chi connectivity index (χ4v) is 7.14. The van der Waals surface area contributed by atoms with Crippen molar-refractivity contribution >= 4 is 31.4 Å². The summed E-state index contributed by atoms with van der Waals surface area (Å²) in [7, 11) is -5.63. The van der Waals surface area contributed by atoms with E-state index in [1.165, 1.54) is 15.7 Å². The number of thiophene rings is 1. The lowest BCUT2D eigenvalue weighted by Gasteiger charge is -2.27. The van der Waals surface area contributed by atoms with Gasteiger partial charge < -0.3 is 9.47 Å². The second-order valence-corrected chi connectivity index (χ2v) is 10.8. The van der Waals surface area contributed by atoms with E-state index in [9.17, 15) is 16.8 Å². The predicted octanol–water partition coefficient (Wildman–Crippen LogP) is -0.202. The first-order valence-electron chi connectivity index (χ1n) is 7.50. The molecule has 24 heavy (non-hydrogen) atoms. The molecule has 2 atom stereocenters. The summed E-state index contributed by atoms with van der Waals surface area (Å²) < 4.78 is 63.9. The van der Waals surface area contributed by atoms with E-state index in [4.69, 9.17) is 9.47 Å². The smallest absolute Gasteiger partial charge is 0.252 e. The van der Waals surface area contributed by atoms with Crippen molar-refractivity contribution in [3.8, 4) is 0 Å². The summed E-state index contributed by atoms with van der Waals surface area (Å²) in [5.41, 5.74) is 0. The van der Waals surface area contributed by atoms with Crippen LogP contribution in [0.25, 0.3) is 0 Å². The monoisotopic (exact) mass is 396 g/mol. The molecule has 3 rings (SSSR count). The zero-order chi connectivity index (χ0) is 17.4. The molecule has 1 aromatic heterocycles. The van der Waals surface area contributed by atoms with Crippen LogP contribution in [0.4, 0.5) is 0 Å². The largest absolute Gasteiger partial charge is 0.383 e. The third kappa shape index (κ3) is 3.39. The number of hydrogen-bond acceptors (Lipinski definition) is 7. The molecule has 136 valence electrons. The summed E-state index contributed by atoms with van der Waals surface area (Å²) >= 11 is 1.15. The molecule has 0 saturated carbocycles.